The zero-order chi connectivity index (χ0) is 23.2. The van der Waals surface area contributed by atoms with Gasteiger partial charge in [0.25, 0.3) is 0 Å². The Labute approximate surface area is 197 Å². The number of benzene rings is 2. The molecule has 31 heavy (non-hydrogen) atoms. The van der Waals surface area contributed by atoms with Gasteiger partial charge in [-0.15, -0.1) is 11.8 Å². The molecule has 2 aromatic carbocycles. The van der Waals surface area contributed by atoms with Gasteiger partial charge in [-0.2, -0.15) is 0 Å². The van der Waals surface area contributed by atoms with E-state index in [1.807, 2.05) is 20.8 Å². The molecule has 1 atom stereocenters. The van der Waals surface area contributed by atoms with E-state index in [1.165, 1.54) is 28.8 Å². The summed E-state index contributed by atoms with van der Waals surface area (Å²) in [7, 11) is 0. The van der Waals surface area contributed by atoms with Crippen molar-refractivity contribution < 1.29 is 14.0 Å². The SMILES string of the molecule is CC(C(=O)NC(C)(C)C)N(Cc1ccc(F)cc1)C(=O)CSCc1c(Cl)cccc1Cl. The molecule has 168 valence electrons. The number of halogens is 3. The molecular formula is C23H27Cl2FN2O2S. The molecule has 0 radical (unpaired) electrons. The van der Waals surface area contributed by atoms with E-state index in [0.717, 1.165) is 11.1 Å². The number of hydrogen-bond donors (Lipinski definition) is 1. The summed E-state index contributed by atoms with van der Waals surface area (Å²) < 4.78 is 13.3. The van der Waals surface area contributed by atoms with Crippen LogP contribution in [0.3, 0.4) is 0 Å². The number of nitrogens with one attached hydrogen (secondary N) is 1. The standard InChI is InChI=1S/C23H27Cl2FN2O2S/c1-15(22(30)27-23(2,3)4)28(12-16-8-10-17(26)11-9-16)21(29)14-31-13-18-19(24)6-5-7-20(18)25/h5-11,15H,12-14H2,1-4H3,(H,27,30). The number of carbonyl (C=O) groups is 2. The number of hydrogen-bond acceptors (Lipinski definition) is 3. The highest BCUT2D eigenvalue weighted by Crippen LogP contribution is 2.28. The zero-order valence-corrected chi connectivity index (χ0v) is 20.4. The van der Waals surface area contributed by atoms with E-state index in [0.29, 0.717) is 15.8 Å². The first kappa shape index (κ1) is 25.5. The maximum Gasteiger partial charge on any atom is 0.242 e. The van der Waals surface area contributed by atoms with Crippen molar-refractivity contribution in [2.75, 3.05) is 5.75 Å². The second-order valence-corrected chi connectivity index (χ2v) is 10.1. The van der Waals surface area contributed by atoms with Gasteiger partial charge >= 0.3 is 0 Å². The maximum atomic E-state index is 13.3. The molecule has 0 bridgehead atoms. The molecule has 8 heteroatoms. The average Bonchev–Trinajstić information content (AvgIpc) is 2.67. The summed E-state index contributed by atoms with van der Waals surface area (Å²) in [6.45, 7) is 7.54. The second kappa shape index (κ2) is 11.2. The summed E-state index contributed by atoms with van der Waals surface area (Å²) in [6, 6.07) is 10.5. The quantitative estimate of drug-likeness (QED) is 0.522. The molecular weight excluding hydrogens is 458 g/mol. The monoisotopic (exact) mass is 484 g/mol. The van der Waals surface area contributed by atoms with Crippen molar-refractivity contribution in [3.63, 3.8) is 0 Å². The van der Waals surface area contributed by atoms with E-state index in [-0.39, 0.29) is 29.9 Å². The number of thioether (sulfide) groups is 1. The molecule has 0 saturated carbocycles. The third-order valence-corrected chi connectivity index (χ3v) is 6.12. The Morgan fingerprint density at radius 2 is 1.68 bits per heavy atom. The molecule has 0 aliphatic rings. The molecule has 0 aliphatic heterocycles. The fraction of sp³-hybridized carbons (Fsp3) is 0.391. The van der Waals surface area contributed by atoms with Crippen LogP contribution in [0.2, 0.25) is 10.0 Å². The molecule has 0 fully saturated rings. The van der Waals surface area contributed by atoms with Crippen LogP contribution in [-0.4, -0.2) is 34.0 Å². The Balaban J connectivity index is 2.13. The third kappa shape index (κ3) is 8.02. The van der Waals surface area contributed by atoms with Crippen molar-refractivity contribution in [2.45, 2.75) is 51.6 Å². The van der Waals surface area contributed by atoms with E-state index in [9.17, 15) is 14.0 Å². The number of nitrogens with zero attached hydrogens (tertiary/aromatic N) is 1. The van der Waals surface area contributed by atoms with E-state index < -0.39 is 11.6 Å². The van der Waals surface area contributed by atoms with Gasteiger partial charge in [-0.1, -0.05) is 41.4 Å². The molecule has 2 aromatic rings. The van der Waals surface area contributed by atoms with Gasteiger partial charge in [0.2, 0.25) is 11.8 Å². The minimum absolute atomic E-state index is 0.149. The van der Waals surface area contributed by atoms with Gasteiger partial charge in [-0.3, -0.25) is 9.59 Å². The van der Waals surface area contributed by atoms with E-state index in [4.69, 9.17) is 23.2 Å². The lowest BCUT2D eigenvalue weighted by Gasteiger charge is -2.31. The molecule has 0 heterocycles. The fourth-order valence-corrected chi connectivity index (χ4v) is 4.48. The number of carbonyl (C=O) groups excluding carboxylic acids is 2. The highest BCUT2D eigenvalue weighted by Gasteiger charge is 2.28. The van der Waals surface area contributed by atoms with Crippen LogP contribution in [0.15, 0.2) is 42.5 Å². The summed E-state index contributed by atoms with van der Waals surface area (Å²) in [6.07, 6.45) is 0. The Kier molecular flexibility index (Phi) is 9.22. The van der Waals surface area contributed by atoms with Crippen molar-refractivity contribution >= 4 is 46.8 Å². The van der Waals surface area contributed by atoms with Crippen molar-refractivity contribution in [1.29, 1.82) is 0 Å². The number of rotatable bonds is 8. The Hall–Kier alpha value is -1.76. The molecule has 2 rings (SSSR count). The minimum Gasteiger partial charge on any atom is -0.350 e. The van der Waals surface area contributed by atoms with Gasteiger partial charge in [-0.05, 0) is 63.1 Å². The summed E-state index contributed by atoms with van der Waals surface area (Å²) in [4.78, 5) is 27.3. The van der Waals surface area contributed by atoms with E-state index in [1.54, 1.807) is 37.3 Å². The maximum absolute atomic E-state index is 13.3. The predicted octanol–water partition coefficient (Wildman–Crippen LogP) is 5.70. The second-order valence-electron chi connectivity index (χ2n) is 8.26. The molecule has 0 aromatic heterocycles. The first-order valence-corrected chi connectivity index (χ1v) is 11.8. The normalized spacial score (nSPS) is 12.4. The first-order valence-electron chi connectivity index (χ1n) is 9.84. The van der Waals surface area contributed by atoms with Gasteiger partial charge in [0, 0.05) is 27.9 Å². The van der Waals surface area contributed by atoms with Crippen LogP contribution in [0.25, 0.3) is 0 Å². The Morgan fingerprint density at radius 3 is 2.23 bits per heavy atom. The van der Waals surface area contributed by atoms with Crippen molar-refractivity contribution in [3.8, 4) is 0 Å². The summed E-state index contributed by atoms with van der Waals surface area (Å²) in [5.41, 5.74) is 1.09. The Morgan fingerprint density at radius 1 is 1.10 bits per heavy atom. The molecule has 1 unspecified atom stereocenters. The van der Waals surface area contributed by atoms with Gasteiger partial charge in [-0.25, -0.2) is 4.39 Å². The van der Waals surface area contributed by atoms with Crippen LogP contribution in [0.1, 0.15) is 38.8 Å². The average molecular weight is 485 g/mol. The summed E-state index contributed by atoms with van der Waals surface area (Å²) >= 11 is 13.8. The molecule has 0 aliphatic carbocycles. The van der Waals surface area contributed by atoms with Crippen molar-refractivity contribution in [1.82, 2.24) is 10.2 Å². The lowest BCUT2D eigenvalue weighted by atomic mass is 10.1. The van der Waals surface area contributed by atoms with Gasteiger partial charge < -0.3 is 10.2 Å². The summed E-state index contributed by atoms with van der Waals surface area (Å²) in [5.74, 6) is -0.184. The van der Waals surface area contributed by atoms with Crippen LogP contribution in [0.4, 0.5) is 4.39 Å². The van der Waals surface area contributed by atoms with Crippen LogP contribution < -0.4 is 5.32 Å². The van der Waals surface area contributed by atoms with Gasteiger partial charge in [0.15, 0.2) is 0 Å². The Bertz CT molecular complexity index is 897. The highest BCUT2D eigenvalue weighted by atomic mass is 35.5. The zero-order valence-electron chi connectivity index (χ0n) is 18.0. The highest BCUT2D eigenvalue weighted by molar-refractivity contribution is 7.99. The third-order valence-electron chi connectivity index (χ3n) is 4.47. The largest absolute Gasteiger partial charge is 0.350 e. The van der Waals surface area contributed by atoms with Crippen LogP contribution in [0, 0.1) is 5.82 Å². The van der Waals surface area contributed by atoms with Crippen LogP contribution >= 0.6 is 35.0 Å². The molecule has 0 saturated heterocycles. The molecule has 4 nitrogen and oxygen atoms in total. The van der Waals surface area contributed by atoms with Gasteiger partial charge in [0.05, 0.1) is 5.75 Å². The molecule has 0 spiro atoms. The van der Waals surface area contributed by atoms with E-state index >= 15 is 0 Å². The topological polar surface area (TPSA) is 49.4 Å². The first-order chi connectivity index (χ1) is 14.5. The molecule has 1 N–H and O–H groups in total. The minimum atomic E-state index is -0.693. The number of amides is 2. The van der Waals surface area contributed by atoms with Crippen LogP contribution in [0.5, 0.6) is 0 Å². The molecule has 2 amide bonds. The lowest BCUT2D eigenvalue weighted by molar-refractivity contribution is -0.139. The predicted molar refractivity (Wildman–Crippen MR) is 127 cm³/mol. The van der Waals surface area contributed by atoms with E-state index in [2.05, 4.69) is 5.32 Å². The van der Waals surface area contributed by atoms with Gasteiger partial charge in [0.1, 0.15) is 11.9 Å². The fourth-order valence-electron chi connectivity index (χ4n) is 2.84. The van der Waals surface area contributed by atoms with Crippen molar-refractivity contribution in [3.05, 3.63) is 69.5 Å². The van der Waals surface area contributed by atoms with Crippen LogP contribution in [-0.2, 0) is 21.9 Å². The summed E-state index contributed by atoms with van der Waals surface area (Å²) in [5, 5.41) is 4.01. The van der Waals surface area contributed by atoms with Crippen molar-refractivity contribution in [2.24, 2.45) is 0 Å². The smallest absolute Gasteiger partial charge is 0.242 e. The lowest BCUT2D eigenvalue weighted by Crippen LogP contribution is -2.52.